The van der Waals surface area contributed by atoms with E-state index in [-0.39, 0.29) is 30.8 Å². The minimum Gasteiger partial charge on any atom is -0.383 e. The maximum Gasteiger partial charge on any atom is 0.278 e. The lowest BCUT2D eigenvalue weighted by atomic mass is 9.98. The van der Waals surface area contributed by atoms with Crippen molar-refractivity contribution >= 4 is 23.1 Å². The number of fused-ring (bicyclic) bond motifs is 1. The number of hydrogen-bond donors (Lipinski definition) is 0. The first-order valence-corrected chi connectivity index (χ1v) is 9.32. The Balaban J connectivity index is 1.85. The highest BCUT2D eigenvalue weighted by Crippen LogP contribution is 2.37. The molecule has 2 aliphatic heterocycles. The normalized spacial score (nSPS) is 16.8. The zero-order valence-electron chi connectivity index (χ0n) is 15.7. The number of carbonyl (C=O) groups excluding carboxylic acids is 2. The van der Waals surface area contributed by atoms with Gasteiger partial charge in [0.2, 0.25) is 0 Å². The first-order valence-electron chi connectivity index (χ1n) is 9.32. The number of halogens is 1. The summed E-state index contributed by atoms with van der Waals surface area (Å²) in [7, 11) is 1.53. The van der Waals surface area contributed by atoms with Crippen molar-refractivity contribution in [3.63, 3.8) is 0 Å². The summed E-state index contributed by atoms with van der Waals surface area (Å²) >= 11 is 0. The molecule has 2 aromatic rings. The molecule has 0 aliphatic carbocycles. The third-order valence-electron chi connectivity index (χ3n) is 5.18. The molecule has 2 aromatic carbocycles. The van der Waals surface area contributed by atoms with Gasteiger partial charge in [-0.05, 0) is 42.2 Å². The summed E-state index contributed by atoms with van der Waals surface area (Å²) in [4.78, 5) is 29.6. The minimum atomic E-state index is -0.387. The first kappa shape index (κ1) is 18.4. The molecule has 0 N–H and O–H groups in total. The molecule has 0 radical (unpaired) electrons. The van der Waals surface area contributed by atoms with Gasteiger partial charge in [-0.2, -0.15) is 0 Å². The Labute approximate surface area is 163 Å². The van der Waals surface area contributed by atoms with Crippen molar-refractivity contribution in [1.29, 1.82) is 0 Å². The van der Waals surface area contributed by atoms with Crippen LogP contribution in [0.4, 0.5) is 10.1 Å². The van der Waals surface area contributed by atoms with Gasteiger partial charge in [-0.3, -0.25) is 14.5 Å². The maximum absolute atomic E-state index is 13.4. The lowest BCUT2D eigenvalue weighted by Gasteiger charge is -2.32. The Morgan fingerprint density at radius 3 is 2.54 bits per heavy atom. The molecule has 0 atom stereocenters. The van der Waals surface area contributed by atoms with E-state index in [1.54, 1.807) is 12.1 Å². The number of carbonyl (C=O) groups is 2. The second-order valence-electron chi connectivity index (χ2n) is 6.87. The average molecular weight is 380 g/mol. The van der Waals surface area contributed by atoms with E-state index in [4.69, 9.17) is 4.74 Å². The number of para-hydroxylation sites is 1. The Kier molecular flexibility index (Phi) is 4.96. The lowest BCUT2D eigenvalue weighted by molar-refractivity contribution is -0.137. The van der Waals surface area contributed by atoms with Crippen molar-refractivity contribution in [2.75, 3.05) is 31.7 Å². The summed E-state index contributed by atoms with van der Waals surface area (Å²) in [6.07, 6.45) is 1.82. The van der Waals surface area contributed by atoms with E-state index in [9.17, 15) is 14.0 Å². The number of anilines is 1. The number of methoxy groups -OCH3 is 1. The van der Waals surface area contributed by atoms with E-state index in [1.165, 1.54) is 24.1 Å². The van der Waals surface area contributed by atoms with E-state index in [1.807, 2.05) is 29.2 Å². The number of nitrogens with zero attached hydrogens (tertiary/aromatic N) is 2. The van der Waals surface area contributed by atoms with Gasteiger partial charge in [0.1, 0.15) is 11.5 Å². The third kappa shape index (κ3) is 3.10. The van der Waals surface area contributed by atoms with Crippen LogP contribution in [-0.4, -0.2) is 43.5 Å². The molecule has 6 heteroatoms. The topological polar surface area (TPSA) is 49.9 Å². The van der Waals surface area contributed by atoms with Crippen LogP contribution in [0.2, 0.25) is 0 Å². The Morgan fingerprint density at radius 2 is 1.79 bits per heavy atom. The summed E-state index contributed by atoms with van der Waals surface area (Å²) in [5.41, 5.74) is 3.31. The molecule has 144 valence electrons. The van der Waals surface area contributed by atoms with Crippen LogP contribution in [0.1, 0.15) is 17.5 Å². The van der Waals surface area contributed by atoms with Crippen LogP contribution in [-0.2, 0) is 20.7 Å². The maximum atomic E-state index is 13.4. The Hall–Kier alpha value is -2.99. The van der Waals surface area contributed by atoms with E-state index in [0.717, 1.165) is 24.1 Å². The summed E-state index contributed by atoms with van der Waals surface area (Å²) in [5.74, 6) is -1.09. The van der Waals surface area contributed by atoms with Gasteiger partial charge in [0.15, 0.2) is 0 Å². The van der Waals surface area contributed by atoms with E-state index in [2.05, 4.69) is 0 Å². The summed E-state index contributed by atoms with van der Waals surface area (Å²) in [5, 5.41) is 0. The Bertz CT molecular complexity index is 953. The zero-order chi connectivity index (χ0) is 19.7. The second-order valence-corrected chi connectivity index (χ2v) is 6.87. The van der Waals surface area contributed by atoms with Crippen LogP contribution in [0, 0.1) is 5.82 Å². The fourth-order valence-corrected chi connectivity index (χ4v) is 3.84. The lowest BCUT2D eigenvalue weighted by Crippen LogP contribution is -2.38. The molecular formula is C22H21FN2O3. The SMILES string of the molecule is COCCN1C(=O)C(c2ccc(F)cc2)=C(N2CCCc3ccccc32)C1=O. The summed E-state index contributed by atoms with van der Waals surface area (Å²) in [6.45, 7) is 1.09. The van der Waals surface area contributed by atoms with Gasteiger partial charge in [0.05, 0.1) is 18.7 Å². The third-order valence-corrected chi connectivity index (χ3v) is 5.18. The van der Waals surface area contributed by atoms with Crippen molar-refractivity contribution < 1.29 is 18.7 Å². The van der Waals surface area contributed by atoms with E-state index >= 15 is 0 Å². The molecule has 0 unspecified atom stereocenters. The molecular weight excluding hydrogens is 359 g/mol. The van der Waals surface area contributed by atoms with Gasteiger partial charge < -0.3 is 9.64 Å². The molecule has 4 rings (SSSR count). The van der Waals surface area contributed by atoms with E-state index in [0.29, 0.717) is 23.4 Å². The molecule has 2 heterocycles. The van der Waals surface area contributed by atoms with Gasteiger partial charge in [0, 0.05) is 19.3 Å². The van der Waals surface area contributed by atoms with Gasteiger partial charge in [0.25, 0.3) is 11.8 Å². The van der Waals surface area contributed by atoms with Gasteiger partial charge in [-0.25, -0.2) is 4.39 Å². The molecule has 0 aromatic heterocycles. The number of rotatable bonds is 5. The molecule has 2 aliphatic rings. The number of hydrogen-bond acceptors (Lipinski definition) is 4. The number of benzene rings is 2. The monoisotopic (exact) mass is 380 g/mol. The number of amides is 2. The summed E-state index contributed by atoms with van der Waals surface area (Å²) < 4.78 is 18.5. The number of imide groups is 1. The standard InChI is InChI=1S/C22H21FN2O3/c1-28-14-13-25-21(26)19(16-8-10-17(23)11-9-16)20(22(25)27)24-12-4-6-15-5-2-3-7-18(15)24/h2-3,5,7-11H,4,6,12-14H2,1H3. The highest BCUT2D eigenvalue weighted by molar-refractivity contribution is 6.36. The molecule has 2 amide bonds. The second kappa shape index (κ2) is 7.56. The molecule has 0 saturated carbocycles. The number of ether oxygens (including phenoxy) is 1. The van der Waals surface area contributed by atoms with Gasteiger partial charge >= 0.3 is 0 Å². The van der Waals surface area contributed by atoms with Crippen LogP contribution in [0.3, 0.4) is 0 Å². The van der Waals surface area contributed by atoms with Crippen LogP contribution >= 0.6 is 0 Å². The highest BCUT2D eigenvalue weighted by atomic mass is 19.1. The molecule has 0 spiro atoms. The zero-order valence-corrected chi connectivity index (χ0v) is 15.7. The molecule has 0 fully saturated rings. The quantitative estimate of drug-likeness (QED) is 0.749. The van der Waals surface area contributed by atoms with Crippen molar-refractivity contribution in [1.82, 2.24) is 4.90 Å². The fourth-order valence-electron chi connectivity index (χ4n) is 3.84. The molecule has 0 saturated heterocycles. The van der Waals surface area contributed by atoms with Gasteiger partial charge in [-0.1, -0.05) is 30.3 Å². The molecule has 5 nitrogen and oxygen atoms in total. The fraction of sp³-hybridized carbons (Fsp3) is 0.273. The minimum absolute atomic E-state index is 0.178. The predicted octanol–water partition coefficient (Wildman–Crippen LogP) is 3.00. The van der Waals surface area contributed by atoms with Crippen LogP contribution in [0.15, 0.2) is 54.2 Å². The van der Waals surface area contributed by atoms with Crippen LogP contribution in [0.25, 0.3) is 5.57 Å². The largest absolute Gasteiger partial charge is 0.383 e. The highest BCUT2D eigenvalue weighted by Gasteiger charge is 2.42. The summed E-state index contributed by atoms with van der Waals surface area (Å²) in [6, 6.07) is 13.6. The van der Waals surface area contributed by atoms with E-state index < -0.39 is 0 Å². The predicted molar refractivity (Wildman–Crippen MR) is 104 cm³/mol. The van der Waals surface area contributed by atoms with Crippen molar-refractivity contribution in [2.45, 2.75) is 12.8 Å². The molecule has 0 bridgehead atoms. The van der Waals surface area contributed by atoms with Crippen molar-refractivity contribution in [3.8, 4) is 0 Å². The first-order chi connectivity index (χ1) is 13.6. The van der Waals surface area contributed by atoms with Crippen molar-refractivity contribution in [2.24, 2.45) is 0 Å². The van der Waals surface area contributed by atoms with Gasteiger partial charge in [-0.15, -0.1) is 0 Å². The van der Waals surface area contributed by atoms with Crippen LogP contribution < -0.4 is 4.90 Å². The molecule has 28 heavy (non-hydrogen) atoms. The smallest absolute Gasteiger partial charge is 0.278 e. The number of aryl methyl sites for hydroxylation is 1. The Morgan fingerprint density at radius 1 is 1.04 bits per heavy atom. The average Bonchev–Trinajstić information content (AvgIpc) is 2.96. The van der Waals surface area contributed by atoms with Crippen molar-refractivity contribution in [3.05, 3.63) is 71.2 Å². The van der Waals surface area contributed by atoms with Crippen LogP contribution in [0.5, 0.6) is 0 Å².